The summed E-state index contributed by atoms with van der Waals surface area (Å²) in [5, 5.41) is 0. The van der Waals surface area contributed by atoms with Crippen LogP contribution < -0.4 is 0 Å². The van der Waals surface area contributed by atoms with Gasteiger partial charge in [0.2, 0.25) is 0 Å². The first kappa shape index (κ1) is 30.3. The fraction of sp³-hybridized carbons (Fsp3) is 0.576. The second-order valence-electron chi connectivity index (χ2n) is 10.5. The lowest BCUT2D eigenvalue weighted by atomic mass is 9.97. The molecule has 1 heterocycles. The molecular formula is C33H50O3. The Hall–Kier alpha value is -1.94. The monoisotopic (exact) mass is 494 g/mol. The molecule has 1 aliphatic rings. The first-order valence-electron chi connectivity index (χ1n) is 13.9. The van der Waals surface area contributed by atoms with Gasteiger partial charge >= 0.3 is 0 Å². The van der Waals surface area contributed by atoms with Crippen molar-refractivity contribution in [2.45, 2.75) is 98.9 Å². The molecule has 0 saturated carbocycles. The van der Waals surface area contributed by atoms with Crippen molar-refractivity contribution in [2.75, 3.05) is 19.8 Å². The molecule has 0 aromatic heterocycles. The quantitative estimate of drug-likeness (QED) is 0.169. The fourth-order valence-corrected chi connectivity index (χ4v) is 4.49. The first-order valence-corrected chi connectivity index (χ1v) is 13.9. The molecule has 2 atom stereocenters. The van der Waals surface area contributed by atoms with E-state index in [1.165, 1.54) is 34.3 Å². The summed E-state index contributed by atoms with van der Waals surface area (Å²) in [6.45, 7) is 14.1. The molecule has 1 aromatic carbocycles. The van der Waals surface area contributed by atoms with Gasteiger partial charge in [0.1, 0.15) is 0 Å². The topological polar surface area (TPSA) is 27.7 Å². The summed E-state index contributed by atoms with van der Waals surface area (Å²) in [4.78, 5) is 0. The van der Waals surface area contributed by atoms with Gasteiger partial charge in [0.15, 0.2) is 6.29 Å². The van der Waals surface area contributed by atoms with Gasteiger partial charge in [0, 0.05) is 6.61 Å². The van der Waals surface area contributed by atoms with Crippen LogP contribution in [0, 0.1) is 5.92 Å². The highest BCUT2D eigenvalue weighted by molar-refractivity contribution is 5.13. The van der Waals surface area contributed by atoms with Crippen LogP contribution in [0.25, 0.3) is 0 Å². The molecule has 0 spiro atoms. The zero-order chi connectivity index (χ0) is 26.0. The lowest BCUT2D eigenvalue weighted by Gasteiger charge is -2.22. The number of allylic oxidation sites excluding steroid dienone is 6. The van der Waals surface area contributed by atoms with E-state index < -0.39 is 0 Å². The summed E-state index contributed by atoms with van der Waals surface area (Å²) < 4.78 is 17.3. The van der Waals surface area contributed by atoms with Gasteiger partial charge in [-0.15, -0.1) is 0 Å². The zero-order valence-corrected chi connectivity index (χ0v) is 23.6. The minimum Gasteiger partial charge on any atom is -0.373 e. The Morgan fingerprint density at radius 1 is 0.917 bits per heavy atom. The molecule has 0 bridgehead atoms. The van der Waals surface area contributed by atoms with Crippen LogP contribution in [0.1, 0.15) is 91.5 Å². The van der Waals surface area contributed by atoms with Gasteiger partial charge in [-0.25, -0.2) is 0 Å². The first-order chi connectivity index (χ1) is 17.4. The van der Waals surface area contributed by atoms with Gasteiger partial charge < -0.3 is 14.2 Å². The lowest BCUT2D eigenvalue weighted by Crippen LogP contribution is -2.22. The van der Waals surface area contributed by atoms with E-state index in [1.807, 2.05) is 6.07 Å². The van der Waals surface area contributed by atoms with Crippen LogP contribution in [0.4, 0.5) is 0 Å². The maximum Gasteiger partial charge on any atom is 0.158 e. The number of hydrogen-bond donors (Lipinski definition) is 0. The second kappa shape index (κ2) is 18.3. The van der Waals surface area contributed by atoms with Crippen molar-refractivity contribution in [1.29, 1.82) is 0 Å². The van der Waals surface area contributed by atoms with Gasteiger partial charge in [-0.05, 0) is 90.5 Å². The maximum absolute atomic E-state index is 5.88. The Kier molecular flexibility index (Phi) is 15.4. The van der Waals surface area contributed by atoms with Crippen LogP contribution in [0.2, 0.25) is 0 Å². The number of ether oxygens (including phenoxy) is 3. The summed E-state index contributed by atoms with van der Waals surface area (Å²) >= 11 is 0. The van der Waals surface area contributed by atoms with Crippen molar-refractivity contribution < 1.29 is 14.2 Å². The Bertz CT molecular complexity index is 841. The molecule has 2 rings (SSSR count). The van der Waals surface area contributed by atoms with Gasteiger partial charge in [0.05, 0.1) is 19.8 Å². The number of benzene rings is 1. The summed E-state index contributed by atoms with van der Waals surface area (Å²) in [7, 11) is 0. The van der Waals surface area contributed by atoms with Crippen LogP contribution in [-0.2, 0) is 20.8 Å². The molecule has 1 fully saturated rings. The molecule has 0 aliphatic carbocycles. The Morgan fingerprint density at radius 2 is 1.64 bits per heavy atom. The highest BCUT2D eigenvalue weighted by Crippen LogP contribution is 2.19. The smallest absolute Gasteiger partial charge is 0.158 e. The van der Waals surface area contributed by atoms with Crippen molar-refractivity contribution in [3.63, 3.8) is 0 Å². The molecular weight excluding hydrogens is 444 g/mol. The van der Waals surface area contributed by atoms with E-state index in [0.717, 1.165) is 51.6 Å². The van der Waals surface area contributed by atoms with E-state index in [0.29, 0.717) is 25.7 Å². The molecule has 0 N–H and O–H groups in total. The summed E-state index contributed by atoms with van der Waals surface area (Å²) in [6.07, 6.45) is 18.3. The van der Waals surface area contributed by atoms with Crippen LogP contribution in [0.15, 0.2) is 76.9 Å². The third-order valence-electron chi connectivity index (χ3n) is 6.57. The van der Waals surface area contributed by atoms with Crippen molar-refractivity contribution >= 4 is 0 Å². The maximum atomic E-state index is 5.88. The van der Waals surface area contributed by atoms with E-state index in [9.17, 15) is 0 Å². The molecule has 36 heavy (non-hydrogen) atoms. The Balaban J connectivity index is 1.59. The summed E-state index contributed by atoms with van der Waals surface area (Å²) in [5.74, 6) is 0.570. The van der Waals surface area contributed by atoms with Gasteiger partial charge in [-0.2, -0.15) is 0 Å². The third-order valence-corrected chi connectivity index (χ3v) is 6.57. The van der Waals surface area contributed by atoms with E-state index in [-0.39, 0.29) is 6.29 Å². The van der Waals surface area contributed by atoms with Crippen molar-refractivity contribution in [1.82, 2.24) is 0 Å². The SMILES string of the molecule is CC(=CCOCc1ccccc1)CCC=C(C)CC(C)C=C(C)CCC=C(C)COC1CCCCO1. The third kappa shape index (κ3) is 14.6. The van der Waals surface area contributed by atoms with Crippen molar-refractivity contribution in [3.8, 4) is 0 Å². The molecule has 3 nitrogen and oxygen atoms in total. The average Bonchev–Trinajstić information content (AvgIpc) is 2.86. The van der Waals surface area contributed by atoms with E-state index in [2.05, 4.69) is 83.2 Å². The van der Waals surface area contributed by atoms with Crippen molar-refractivity contribution in [3.05, 3.63) is 82.5 Å². The van der Waals surface area contributed by atoms with E-state index in [1.54, 1.807) is 0 Å². The van der Waals surface area contributed by atoms with Crippen LogP contribution in [-0.4, -0.2) is 26.1 Å². The van der Waals surface area contributed by atoms with Gasteiger partial charge in [-0.1, -0.05) is 83.9 Å². The Morgan fingerprint density at radius 3 is 2.36 bits per heavy atom. The van der Waals surface area contributed by atoms with Crippen LogP contribution in [0.3, 0.4) is 0 Å². The predicted octanol–water partition coefficient (Wildman–Crippen LogP) is 9.12. The van der Waals surface area contributed by atoms with E-state index >= 15 is 0 Å². The average molecular weight is 495 g/mol. The van der Waals surface area contributed by atoms with Crippen molar-refractivity contribution in [2.24, 2.45) is 5.92 Å². The normalized spacial score (nSPS) is 19.0. The lowest BCUT2D eigenvalue weighted by molar-refractivity contribution is -0.156. The molecule has 3 heteroatoms. The fourth-order valence-electron chi connectivity index (χ4n) is 4.49. The Labute approximate surface area is 221 Å². The molecule has 1 aromatic rings. The van der Waals surface area contributed by atoms with E-state index in [4.69, 9.17) is 14.2 Å². The summed E-state index contributed by atoms with van der Waals surface area (Å²) in [6, 6.07) is 10.3. The number of rotatable bonds is 16. The second-order valence-corrected chi connectivity index (χ2v) is 10.5. The minimum atomic E-state index is -0.000225. The van der Waals surface area contributed by atoms with Crippen LogP contribution in [0.5, 0.6) is 0 Å². The molecule has 200 valence electrons. The minimum absolute atomic E-state index is 0.000225. The highest BCUT2D eigenvalue weighted by atomic mass is 16.7. The molecule has 0 radical (unpaired) electrons. The van der Waals surface area contributed by atoms with Gasteiger partial charge in [0.25, 0.3) is 0 Å². The highest BCUT2D eigenvalue weighted by Gasteiger charge is 2.13. The zero-order valence-electron chi connectivity index (χ0n) is 23.6. The molecule has 1 saturated heterocycles. The molecule has 2 unspecified atom stereocenters. The summed E-state index contributed by atoms with van der Waals surface area (Å²) in [5.41, 5.74) is 6.89. The molecule has 1 aliphatic heterocycles. The largest absolute Gasteiger partial charge is 0.373 e. The predicted molar refractivity (Wildman–Crippen MR) is 153 cm³/mol. The number of hydrogen-bond acceptors (Lipinski definition) is 3. The van der Waals surface area contributed by atoms with Crippen LogP contribution >= 0.6 is 0 Å². The standard InChI is InChI=1S/C33H50O3/c1-27(20-22-34-26-32-17-7-6-8-18-32)13-11-14-28(2)23-31(5)24-29(3)15-12-16-30(4)25-36-33-19-9-10-21-35-33/h6-8,14,16-18,20,24,31,33H,9-13,15,19,21-23,25-26H2,1-5H3. The van der Waals surface area contributed by atoms with Gasteiger partial charge in [-0.3, -0.25) is 0 Å². The molecule has 0 amide bonds.